The van der Waals surface area contributed by atoms with E-state index in [4.69, 9.17) is 5.11 Å². The fourth-order valence-electron chi connectivity index (χ4n) is 2.01. The number of nitrogens with one attached hydrogen (secondary N) is 1. The Hall–Kier alpha value is -2.44. The zero-order chi connectivity index (χ0) is 16.0. The Bertz CT molecular complexity index is 556. The van der Waals surface area contributed by atoms with Crippen molar-refractivity contribution in [1.82, 2.24) is 5.32 Å². The quantitative estimate of drug-likeness (QED) is 0.590. The minimum absolute atomic E-state index is 0.0148. The summed E-state index contributed by atoms with van der Waals surface area (Å²) in [5.74, 6) is -1.46. The molecule has 1 atom stereocenters. The fourth-order valence-corrected chi connectivity index (χ4v) is 2.01. The third kappa shape index (κ3) is 5.21. The van der Waals surface area contributed by atoms with Crippen LogP contribution in [-0.4, -0.2) is 21.9 Å². The monoisotopic (exact) mass is 294 g/mol. The zero-order valence-electron chi connectivity index (χ0n) is 12.0. The molecule has 2 N–H and O–H groups in total. The van der Waals surface area contributed by atoms with Crippen LogP contribution in [-0.2, 0) is 16.1 Å². The molecule has 0 aromatic heterocycles. The predicted molar refractivity (Wildman–Crippen MR) is 75.7 cm³/mol. The van der Waals surface area contributed by atoms with E-state index in [9.17, 15) is 19.7 Å². The van der Waals surface area contributed by atoms with Crippen LogP contribution >= 0.6 is 0 Å². The maximum atomic E-state index is 11.7. The maximum absolute atomic E-state index is 11.7. The maximum Gasteiger partial charge on any atom is 0.303 e. The highest BCUT2D eigenvalue weighted by Gasteiger charge is 2.15. The normalized spacial score (nSPS) is 11.7. The Labute approximate surface area is 122 Å². The summed E-state index contributed by atoms with van der Waals surface area (Å²) in [6, 6.07) is 4.69. The number of hydrogen-bond donors (Lipinski definition) is 2. The number of carboxylic acid groups (broad SMARTS) is 1. The summed E-state index contributed by atoms with van der Waals surface area (Å²) in [4.78, 5) is 32.6. The number of nitrogens with zero attached hydrogens (tertiary/aromatic N) is 1. The molecule has 0 saturated carbocycles. The van der Waals surface area contributed by atoms with Gasteiger partial charge >= 0.3 is 5.97 Å². The van der Waals surface area contributed by atoms with Crippen LogP contribution in [0.25, 0.3) is 0 Å². The minimum Gasteiger partial charge on any atom is -0.481 e. The molecule has 0 aliphatic rings. The van der Waals surface area contributed by atoms with Gasteiger partial charge in [-0.3, -0.25) is 19.7 Å². The molecule has 114 valence electrons. The molecule has 7 heteroatoms. The molecule has 1 aromatic carbocycles. The molecule has 21 heavy (non-hydrogen) atoms. The molecule has 0 radical (unpaired) electrons. The number of carbonyl (C=O) groups is 2. The lowest BCUT2D eigenvalue weighted by atomic mass is 10.0. The van der Waals surface area contributed by atoms with Crippen molar-refractivity contribution in [2.24, 2.45) is 5.92 Å². The summed E-state index contributed by atoms with van der Waals surface area (Å²) >= 11 is 0. The van der Waals surface area contributed by atoms with E-state index in [0.29, 0.717) is 11.1 Å². The van der Waals surface area contributed by atoms with Gasteiger partial charge in [-0.1, -0.05) is 19.1 Å². The van der Waals surface area contributed by atoms with Gasteiger partial charge in [0.1, 0.15) is 0 Å². The van der Waals surface area contributed by atoms with Gasteiger partial charge in [-0.2, -0.15) is 0 Å². The number of benzene rings is 1. The van der Waals surface area contributed by atoms with Crippen LogP contribution in [0.4, 0.5) is 5.69 Å². The molecular formula is C14H18N2O5. The predicted octanol–water partition coefficient (Wildman–Crippen LogP) is 2.02. The van der Waals surface area contributed by atoms with Crippen molar-refractivity contribution in [1.29, 1.82) is 0 Å². The van der Waals surface area contributed by atoms with Gasteiger partial charge in [0.05, 0.1) is 4.92 Å². The van der Waals surface area contributed by atoms with Crippen molar-refractivity contribution in [3.8, 4) is 0 Å². The van der Waals surface area contributed by atoms with Crippen LogP contribution in [0, 0.1) is 23.0 Å². The third-order valence-corrected chi connectivity index (χ3v) is 3.15. The van der Waals surface area contributed by atoms with E-state index in [1.54, 1.807) is 26.0 Å². The average Bonchev–Trinajstić information content (AvgIpc) is 2.35. The first-order valence-corrected chi connectivity index (χ1v) is 6.52. The molecule has 7 nitrogen and oxygen atoms in total. The van der Waals surface area contributed by atoms with Gasteiger partial charge in [0, 0.05) is 31.0 Å². The lowest BCUT2D eigenvalue weighted by Gasteiger charge is -2.11. The Morgan fingerprint density at radius 3 is 2.62 bits per heavy atom. The Kier molecular flexibility index (Phi) is 5.83. The number of amides is 1. The van der Waals surface area contributed by atoms with E-state index in [-0.39, 0.29) is 36.9 Å². The molecule has 1 amide bonds. The topological polar surface area (TPSA) is 110 Å². The van der Waals surface area contributed by atoms with E-state index in [1.807, 2.05) is 0 Å². The first-order chi connectivity index (χ1) is 9.81. The Morgan fingerprint density at radius 1 is 1.38 bits per heavy atom. The standard InChI is InChI=1S/C14H18N2O5/c1-9(7-14(18)19)6-13(17)15-8-11-4-3-5-12(10(11)2)16(20)21/h3-5,9H,6-8H2,1-2H3,(H,15,17)(H,18,19). The number of carboxylic acids is 1. The summed E-state index contributed by atoms with van der Waals surface area (Å²) in [6.45, 7) is 3.51. The second-order valence-corrected chi connectivity index (χ2v) is 5.00. The molecule has 0 bridgehead atoms. The van der Waals surface area contributed by atoms with Crippen LogP contribution in [0.5, 0.6) is 0 Å². The van der Waals surface area contributed by atoms with Crippen LogP contribution in [0.1, 0.15) is 30.9 Å². The first-order valence-electron chi connectivity index (χ1n) is 6.52. The Balaban J connectivity index is 2.59. The Morgan fingerprint density at radius 2 is 2.05 bits per heavy atom. The van der Waals surface area contributed by atoms with Crippen molar-refractivity contribution in [3.05, 3.63) is 39.4 Å². The molecule has 1 unspecified atom stereocenters. The van der Waals surface area contributed by atoms with Gasteiger partial charge in [0.2, 0.25) is 5.91 Å². The fraction of sp³-hybridized carbons (Fsp3) is 0.429. The molecule has 1 aromatic rings. The highest BCUT2D eigenvalue weighted by atomic mass is 16.6. The molecule has 0 aliphatic heterocycles. The van der Waals surface area contributed by atoms with Gasteiger partial charge in [-0.05, 0) is 18.4 Å². The van der Waals surface area contributed by atoms with Gasteiger partial charge in [-0.25, -0.2) is 0 Å². The summed E-state index contributed by atoms with van der Waals surface area (Å²) in [5.41, 5.74) is 1.20. The lowest BCUT2D eigenvalue weighted by Crippen LogP contribution is -2.25. The van der Waals surface area contributed by atoms with Crippen LogP contribution < -0.4 is 5.32 Å². The third-order valence-electron chi connectivity index (χ3n) is 3.15. The smallest absolute Gasteiger partial charge is 0.303 e. The minimum atomic E-state index is -0.940. The van der Waals surface area contributed by atoms with Crippen molar-refractivity contribution >= 4 is 17.6 Å². The number of aliphatic carboxylic acids is 1. The van der Waals surface area contributed by atoms with Gasteiger partial charge in [-0.15, -0.1) is 0 Å². The lowest BCUT2D eigenvalue weighted by molar-refractivity contribution is -0.385. The van der Waals surface area contributed by atoms with E-state index in [1.165, 1.54) is 6.07 Å². The van der Waals surface area contributed by atoms with Crippen LogP contribution in [0.15, 0.2) is 18.2 Å². The number of rotatable bonds is 7. The van der Waals surface area contributed by atoms with Crippen molar-refractivity contribution in [3.63, 3.8) is 0 Å². The molecule has 0 fully saturated rings. The summed E-state index contributed by atoms with van der Waals surface area (Å²) in [7, 11) is 0. The highest BCUT2D eigenvalue weighted by molar-refractivity contribution is 5.77. The number of nitro groups is 1. The van der Waals surface area contributed by atoms with Gasteiger partial charge in [0.25, 0.3) is 5.69 Å². The summed E-state index contributed by atoms with van der Waals surface area (Å²) < 4.78 is 0. The summed E-state index contributed by atoms with van der Waals surface area (Å²) in [5, 5.41) is 22.1. The second kappa shape index (κ2) is 7.37. The van der Waals surface area contributed by atoms with Crippen LogP contribution in [0.3, 0.4) is 0 Å². The average molecular weight is 294 g/mol. The second-order valence-electron chi connectivity index (χ2n) is 5.00. The number of hydrogen-bond acceptors (Lipinski definition) is 4. The molecule has 1 rings (SSSR count). The summed E-state index contributed by atoms with van der Waals surface area (Å²) in [6.07, 6.45) is 0.0452. The van der Waals surface area contributed by atoms with E-state index in [2.05, 4.69) is 5.32 Å². The zero-order valence-corrected chi connectivity index (χ0v) is 12.0. The number of nitro benzene ring substituents is 1. The largest absolute Gasteiger partial charge is 0.481 e. The van der Waals surface area contributed by atoms with Gasteiger partial charge in [0.15, 0.2) is 0 Å². The van der Waals surface area contributed by atoms with Crippen molar-refractivity contribution < 1.29 is 19.6 Å². The van der Waals surface area contributed by atoms with Gasteiger partial charge < -0.3 is 10.4 Å². The van der Waals surface area contributed by atoms with E-state index >= 15 is 0 Å². The molecule has 0 heterocycles. The van der Waals surface area contributed by atoms with E-state index < -0.39 is 10.9 Å². The van der Waals surface area contributed by atoms with E-state index in [0.717, 1.165) is 0 Å². The molecular weight excluding hydrogens is 276 g/mol. The van der Waals surface area contributed by atoms with Crippen molar-refractivity contribution in [2.75, 3.05) is 0 Å². The molecule has 0 aliphatic carbocycles. The highest BCUT2D eigenvalue weighted by Crippen LogP contribution is 2.20. The number of carbonyl (C=O) groups excluding carboxylic acids is 1. The SMILES string of the molecule is Cc1c(CNC(=O)CC(C)CC(=O)O)cccc1[N+](=O)[O-]. The molecule has 0 saturated heterocycles. The van der Waals surface area contributed by atoms with Crippen molar-refractivity contribution in [2.45, 2.75) is 33.2 Å². The molecule has 0 spiro atoms. The first kappa shape index (κ1) is 16.6. The van der Waals surface area contributed by atoms with Crippen LogP contribution in [0.2, 0.25) is 0 Å².